The Balaban J connectivity index is 3.16. The predicted molar refractivity (Wildman–Crippen MR) is 69.9 cm³/mol. The molecule has 0 aliphatic carbocycles. The highest BCUT2D eigenvalue weighted by Gasteiger charge is 2.19. The van der Waals surface area contributed by atoms with Gasteiger partial charge < -0.3 is 10.5 Å². The number of ether oxygens (including phenoxy) is 1. The third-order valence-electron chi connectivity index (χ3n) is 2.36. The first kappa shape index (κ1) is 15.4. The molecular weight excluding hydrogens is 273 g/mol. The van der Waals surface area contributed by atoms with E-state index in [1.807, 2.05) is 6.92 Å². The number of carbonyl (C=O) groups is 1. The first-order valence-electron chi connectivity index (χ1n) is 5.68. The van der Waals surface area contributed by atoms with Crippen molar-refractivity contribution in [3.63, 3.8) is 0 Å². The Bertz CT molecular complexity index is 584. The summed E-state index contributed by atoms with van der Waals surface area (Å²) >= 11 is 0. The van der Waals surface area contributed by atoms with Crippen LogP contribution in [0.15, 0.2) is 12.1 Å². The van der Waals surface area contributed by atoms with Gasteiger partial charge in [-0.25, -0.2) is 17.6 Å². The Morgan fingerprint density at radius 1 is 1.42 bits per heavy atom. The Morgan fingerprint density at radius 3 is 2.58 bits per heavy atom. The minimum Gasteiger partial charge on any atom is -0.462 e. The number of sulfone groups is 1. The van der Waals surface area contributed by atoms with E-state index in [1.54, 1.807) is 0 Å². The zero-order chi connectivity index (χ0) is 14.6. The average Bonchev–Trinajstić information content (AvgIpc) is 2.30. The maximum Gasteiger partial charge on any atom is 0.340 e. The van der Waals surface area contributed by atoms with E-state index in [2.05, 4.69) is 0 Å². The van der Waals surface area contributed by atoms with Crippen molar-refractivity contribution in [1.29, 1.82) is 0 Å². The number of hydrogen-bond acceptors (Lipinski definition) is 5. The lowest BCUT2D eigenvalue weighted by Gasteiger charge is -2.11. The van der Waals surface area contributed by atoms with Crippen LogP contribution in [-0.2, 0) is 20.3 Å². The molecule has 1 rings (SSSR count). The minimum absolute atomic E-state index is 0.0199. The zero-order valence-corrected chi connectivity index (χ0v) is 11.6. The van der Waals surface area contributed by atoms with Crippen LogP contribution in [0, 0.1) is 5.82 Å². The predicted octanol–water partition coefficient (Wildman–Crippen LogP) is 1.52. The third kappa shape index (κ3) is 4.20. The van der Waals surface area contributed by atoms with Crippen molar-refractivity contribution in [1.82, 2.24) is 0 Å². The number of rotatable bonds is 5. The lowest BCUT2D eigenvalue weighted by molar-refractivity contribution is 0.0506. The normalized spacial score (nSPS) is 11.3. The lowest BCUT2D eigenvalue weighted by atomic mass is 10.1. The SMILES string of the molecule is CCCOC(=O)c1ccc(F)c(CS(C)(=O)=O)c1N. The topological polar surface area (TPSA) is 86.5 Å². The molecule has 0 unspecified atom stereocenters. The van der Waals surface area contributed by atoms with Crippen LogP contribution in [0.3, 0.4) is 0 Å². The van der Waals surface area contributed by atoms with E-state index in [9.17, 15) is 17.6 Å². The fraction of sp³-hybridized carbons (Fsp3) is 0.417. The maximum atomic E-state index is 13.6. The quantitative estimate of drug-likeness (QED) is 0.656. The summed E-state index contributed by atoms with van der Waals surface area (Å²) < 4.78 is 40.9. The van der Waals surface area contributed by atoms with Gasteiger partial charge in [0, 0.05) is 11.8 Å². The summed E-state index contributed by atoms with van der Waals surface area (Å²) in [6, 6.07) is 2.20. The molecule has 0 saturated carbocycles. The molecule has 0 radical (unpaired) electrons. The smallest absolute Gasteiger partial charge is 0.340 e. The number of halogens is 1. The van der Waals surface area contributed by atoms with Crippen LogP contribution >= 0.6 is 0 Å². The maximum absolute atomic E-state index is 13.6. The number of esters is 1. The number of hydrogen-bond donors (Lipinski definition) is 1. The molecule has 2 N–H and O–H groups in total. The van der Waals surface area contributed by atoms with E-state index in [-0.39, 0.29) is 23.4 Å². The van der Waals surface area contributed by atoms with Gasteiger partial charge in [-0.05, 0) is 18.6 Å². The van der Waals surface area contributed by atoms with Crippen molar-refractivity contribution in [2.45, 2.75) is 19.1 Å². The van der Waals surface area contributed by atoms with Gasteiger partial charge in [-0.15, -0.1) is 0 Å². The van der Waals surface area contributed by atoms with E-state index in [0.717, 1.165) is 12.3 Å². The molecule has 5 nitrogen and oxygen atoms in total. The van der Waals surface area contributed by atoms with E-state index in [4.69, 9.17) is 10.5 Å². The summed E-state index contributed by atoms with van der Waals surface area (Å²) in [5.74, 6) is -2.00. The highest BCUT2D eigenvalue weighted by molar-refractivity contribution is 7.89. The first-order chi connectivity index (χ1) is 8.76. The molecule has 0 amide bonds. The van der Waals surface area contributed by atoms with Gasteiger partial charge in [-0.1, -0.05) is 6.92 Å². The molecule has 0 aliphatic heterocycles. The number of carbonyl (C=O) groups excluding carboxylic acids is 1. The van der Waals surface area contributed by atoms with Gasteiger partial charge in [-0.2, -0.15) is 0 Å². The molecule has 0 fully saturated rings. The third-order valence-corrected chi connectivity index (χ3v) is 3.18. The second-order valence-electron chi connectivity index (χ2n) is 4.19. The number of anilines is 1. The summed E-state index contributed by atoms with van der Waals surface area (Å²) in [4.78, 5) is 11.7. The van der Waals surface area contributed by atoms with E-state index < -0.39 is 27.4 Å². The monoisotopic (exact) mass is 289 g/mol. The highest BCUT2D eigenvalue weighted by atomic mass is 32.2. The summed E-state index contributed by atoms with van der Waals surface area (Å²) in [6.45, 7) is 2.05. The molecule has 0 saturated heterocycles. The summed E-state index contributed by atoms with van der Waals surface area (Å²) in [5, 5.41) is 0. The first-order valence-corrected chi connectivity index (χ1v) is 7.74. The number of nitrogens with two attached hydrogens (primary N) is 1. The average molecular weight is 289 g/mol. The van der Waals surface area contributed by atoms with Gasteiger partial charge in [0.15, 0.2) is 9.84 Å². The molecule has 0 atom stereocenters. The molecular formula is C12H16FNO4S. The van der Waals surface area contributed by atoms with E-state index in [0.29, 0.717) is 6.42 Å². The Kier molecular flexibility index (Phi) is 4.88. The molecule has 0 heterocycles. The van der Waals surface area contributed by atoms with Crippen LogP contribution in [0.1, 0.15) is 29.3 Å². The molecule has 106 valence electrons. The second-order valence-corrected chi connectivity index (χ2v) is 6.33. The molecule has 7 heteroatoms. The van der Waals surface area contributed by atoms with Crippen molar-refractivity contribution in [2.24, 2.45) is 0 Å². The van der Waals surface area contributed by atoms with Crippen molar-refractivity contribution in [2.75, 3.05) is 18.6 Å². The van der Waals surface area contributed by atoms with Crippen molar-refractivity contribution < 1.29 is 22.3 Å². The van der Waals surface area contributed by atoms with Gasteiger partial charge in [-0.3, -0.25) is 0 Å². The van der Waals surface area contributed by atoms with Crippen LogP contribution < -0.4 is 5.73 Å². The molecule has 1 aromatic rings. The Hall–Kier alpha value is -1.63. The Morgan fingerprint density at radius 2 is 2.05 bits per heavy atom. The van der Waals surface area contributed by atoms with Crippen LogP contribution in [0.5, 0.6) is 0 Å². The van der Waals surface area contributed by atoms with E-state index in [1.165, 1.54) is 6.07 Å². The highest BCUT2D eigenvalue weighted by Crippen LogP contribution is 2.23. The van der Waals surface area contributed by atoms with Gasteiger partial charge in [0.05, 0.1) is 23.6 Å². The van der Waals surface area contributed by atoms with Crippen LogP contribution in [-0.4, -0.2) is 27.2 Å². The minimum atomic E-state index is -3.45. The van der Waals surface area contributed by atoms with Crippen LogP contribution in [0.25, 0.3) is 0 Å². The standard InChI is InChI=1S/C12H16FNO4S/c1-3-6-18-12(15)8-4-5-10(13)9(11(8)14)7-19(2,16)17/h4-5H,3,6-7,14H2,1-2H3. The zero-order valence-electron chi connectivity index (χ0n) is 10.8. The number of nitrogen functional groups attached to an aromatic ring is 1. The summed E-state index contributed by atoms with van der Waals surface area (Å²) in [6.07, 6.45) is 1.61. The largest absolute Gasteiger partial charge is 0.462 e. The Labute approximate surface area is 111 Å². The summed E-state index contributed by atoms with van der Waals surface area (Å²) in [5.41, 5.74) is 5.25. The van der Waals surface area contributed by atoms with E-state index >= 15 is 0 Å². The molecule has 0 aromatic heterocycles. The van der Waals surface area contributed by atoms with Crippen molar-refractivity contribution in [3.8, 4) is 0 Å². The summed E-state index contributed by atoms with van der Waals surface area (Å²) in [7, 11) is -3.45. The molecule has 0 spiro atoms. The lowest BCUT2D eigenvalue weighted by Crippen LogP contribution is -2.13. The molecule has 1 aromatic carbocycles. The van der Waals surface area contributed by atoms with Gasteiger partial charge >= 0.3 is 5.97 Å². The molecule has 19 heavy (non-hydrogen) atoms. The molecule has 0 aliphatic rings. The number of benzene rings is 1. The fourth-order valence-corrected chi connectivity index (χ4v) is 2.32. The fourth-order valence-electron chi connectivity index (χ4n) is 1.50. The van der Waals surface area contributed by atoms with Crippen molar-refractivity contribution >= 4 is 21.5 Å². The van der Waals surface area contributed by atoms with Gasteiger partial charge in [0.2, 0.25) is 0 Å². The van der Waals surface area contributed by atoms with Gasteiger partial charge in [0.1, 0.15) is 5.82 Å². The van der Waals surface area contributed by atoms with Crippen LogP contribution in [0.2, 0.25) is 0 Å². The van der Waals surface area contributed by atoms with Crippen LogP contribution in [0.4, 0.5) is 10.1 Å². The molecule has 0 bridgehead atoms. The second kappa shape index (κ2) is 6.01. The van der Waals surface area contributed by atoms with Gasteiger partial charge in [0.25, 0.3) is 0 Å². The van der Waals surface area contributed by atoms with Crippen molar-refractivity contribution in [3.05, 3.63) is 29.1 Å².